The van der Waals surface area contributed by atoms with E-state index < -0.39 is 0 Å². The SMILES string of the molecule is Cl[CH]COc1ccccc1. The van der Waals surface area contributed by atoms with Crippen molar-refractivity contribution < 1.29 is 4.74 Å². The highest BCUT2D eigenvalue weighted by Gasteiger charge is 1.87. The second-order valence-corrected chi connectivity index (χ2v) is 2.09. The lowest BCUT2D eigenvalue weighted by Gasteiger charge is -2.00. The van der Waals surface area contributed by atoms with Crippen molar-refractivity contribution in [1.29, 1.82) is 0 Å². The van der Waals surface area contributed by atoms with Gasteiger partial charge in [-0.25, -0.2) is 0 Å². The average Bonchev–Trinajstić information content (AvgIpc) is 2.03. The first-order chi connectivity index (χ1) is 4.93. The number of hydrogen-bond donors (Lipinski definition) is 0. The molecule has 0 saturated heterocycles. The van der Waals surface area contributed by atoms with Gasteiger partial charge in [0.2, 0.25) is 0 Å². The van der Waals surface area contributed by atoms with Crippen LogP contribution in [0.4, 0.5) is 0 Å². The second kappa shape index (κ2) is 4.18. The molecule has 1 aromatic rings. The molecule has 0 atom stereocenters. The van der Waals surface area contributed by atoms with E-state index in [9.17, 15) is 0 Å². The zero-order valence-electron chi connectivity index (χ0n) is 5.46. The van der Waals surface area contributed by atoms with Crippen LogP contribution in [0.2, 0.25) is 0 Å². The Morgan fingerprint density at radius 1 is 1.30 bits per heavy atom. The fourth-order valence-electron chi connectivity index (χ4n) is 0.644. The molecule has 2 heteroatoms. The maximum absolute atomic E-state index is 5.30. The molecule has 0 aliphatic rings. The van der Waals surface area contributed by atoms with E-state index in [0.29, 0.717) is 6.61 Å². The molecule has 0 aliphatic heterocycles. The molecule has 10 heavy (non-hydrogen) atoms. The van der Waals surface area contributed by atoms with Crippen LogP contribution < -0.4 is 4.74 Å². The van der Waals surface area contributed by atoms with Crippen LogP contribution in [0.25, 0.3) is 0 Å². The normalized spacial score (nSPS) is 9.30. The number of benzene rings is 1. The minimum atomic E-state index is 0.450. The smallest absolute Gasteiger partial charge is 0.119 e. The van der Waals surface area contributed by atoms with E-state index in [0.717, 1.165) is 5.75 Å². The van der Waals surface area contributed by atoms with Crippen molar-refractivity contribution in [2.75, 3.05) is 6.61 Å². The van der Waals surface area contributed by atoms with Gasteiger partial charge in [0, 0.05) is 0 Å². The summed E-state index contributed by atoms with van der Waals surface area (Å²) >= 11 is 5.30. The van der Waals surface area contributed by atoms with Crippen LogP contribution in [0.3, 0.4) is 0 Å². The Morgan fingerprint density at radius 3 is 2.60 bits per heavy atom. The lowest BCUT2D eigenvalue weighted by Crippen LogP contribution is -1.93. The summed E-state index contributed by atoms with van der Waals surface area (Å²) in [5, 5.41) is 0. The lowest BCUT2D eigenvalue weighted by molar-refractivity contribution is 0.357. The average molecular weight is 156 g/mol. The van der Waals surface area contributed by atoms with Crippen molar-refractivity contribution in [3.8, 4) is 5.75 Å². The predicted molar refractivity (Wildman–Crippen MR) is 42.1 cm³/mol. The Hall–Kier alpha value is -0.690. The molecule has 1 nitrogen and oxygen atoms in total. The van der Waals surface area contributed by atoms with Crippen LogP contribution >= 0.6 is 11.6 Å². The molecule has 0 unspecified atom stereocenters. The van der Waals surface area contributed by atoms with Crippen LogP contribution in [0, 0.1) is 5.88 Å². The summed E-state index contributed by atoms with van der Waals surface area (Å²) in [6, 6.07) is 9.56. The molecule has 0 aromatic heterocycles. The summed E-state index contributed by atoms with van der Waals surface area (Å²) in [6.45, 7) is 0.450. The number of rotatable bonds is 3. The quantitative estimate of drug-likeness (QED) is 0.652. The molecule has 0 spiro atoms. The highest BCUT2D eigenvalue weighted by molar-refractivity contribution is 6.23. The number of hydrogen-bond acceptors (Lipinski definition) is 1. The third-order valence-electron chi connectivity index (χ3n) is 1.06. The van der Waals surface area contributed by atoms with Crippen LogP contribution in [-0.2, 0) is 0 Å². The molecule has 0 saturated carbocycles. The summed E-state index contributed by atoms with van der Waals surface area (Å²) in [7, 11) is 0. The molecule has 0 fully saturated rings. The van der Waals surface area contributed by atoms with Crippen LogP contribution in [0.5, 0.6) is 5.75 Å². The van der Waals surface area contributed by atoms with Crippen molar-refractivity contribution in [3.63, 3.8) is 0 Å². The molecular formula is C8H8ClO. The fraction of sp³-hybridized carbons (Fsp3) is 0.125. The van der Waals surface area contributed by atoms with Crippen LogP contribution in [0.15, 0.2) is 30.3 Å². The Bertz CT molecular complexity index is 174. The third kappa shape index (κ3) is 2.28. The van der Waals surface area contributed by atoms with Gasteiger partial charge in [-0.2, -0.15) is 0 Å². The monoisotopic (exact) mass is 155 g/mol. The zero-order chi connectivity index (χ0) is 7.23. The third-order valence-corrected chi connectivity index (χ3v) is 1.18. The molecular weight excluding hydrogens is 148 g/mol. The first kappa shape index (κ1) is 7.42. The van der Waals surface area contributed by atoms with Crippen molar-refractivity contribution in [3.05, 3.63) is 36.2 Å². The lowest BCUT2D eigenvalue weighted by atomic mass is 10.3. The van der Waals surface area contributed by atoms with Crippen molar-refractivity contribution >= 4 is 11.6 Å². The van der Waals surface area contributed by atoms with Crippen molar-refractivity contribution in [1.82, 2.24) is 0 Å². The van der Waals surface area contributed by atoms with E-state index in [4.69, 9.17) is 16.3 Å². The minimum absolute atomic E-state index is 0.450. The van der Waals surface area contributed by atoms with Crippen LogP contribution in [0.1, 0.15) is 0 Å². The van der Waals surface area contributed by atoms with E-state index in [1.165, 1.54) is 5.88 Å². The molecule has 0 amide bonds. The molecule has 1 rings (SSSR count). The number of para-hydroxylation sites is 1. The predicted octanol–water partition coefficient (Wildman–Crippen LogP) is 2.47. The summed E-state index contributed by atoms with van der Waals surface area (Å²) in [5.41, 5.74) is 0. The molecule has 53 valence electrons. The summed E-state index contributed by atoms with van der Waals surface area (Å²) < 4.78 is 5.17. The van der Waals surface area contributed by atoms with E-state index in [2.05, 4.69) is 0 Å². The topological polar surface area (TPSA) is 9.23 Å². The van der Waals surface area contributed by atoms with E-state index in [1.54, 1.807) is 0 Å². The van der Waals surface area contributed by atoms with Gasteiger partial charge in [-0.1, -0.05) is 18.2 Å². The van der Waals surface area contributed by atoms with E-state index >= 15 is 0 Å². The van der Waals surface area contributed by atoms with E-state index in [1.807, 2.05) is 30.3 Å². The van der Waals surface area contributed by atoms with Gasteiger partial charge in [0.1, 0.15) is 12.4 Å². The molecule has 0 bridgehead atoms. The number of ether oxygens (including phenoxy) is 1. The molecule has 0 heterocycles. The number of halogens is 1. The van der Waals surface area contributed by atoms with Crippen molar-refractivity contribution in [2.45, 2.75) is 0 Å². The first-order valence-corrected chi connectivity index (χ1v) is 3.47. The summed E-state index contributed by atoms with van der Waals surface area (Å²) in [6.07, 6.45) is 0. The summed E-state index contributed by atoms with van der Waals surface area (Å²) in [4.78, 5) is 0. The fourth-order valence-corrected chi connectivity index (χ4v) is 0.707. The summed E-state index contributed by atoms with van der Waals surface area (Å²) in [5.74, 6) is 2.30. The van der Waals surface area contributed by atoms with Gasteiger partial charge in [0.25, 0.3) is 0 Å². The van der Waals surface area contributed by atoms with Crippen molar-refractivity contribution in [2.24, 2.45) is 0 Å². The minimum Gasteiger partial charge on any atom is -0.492 e. The largest absolute Gasteiger partial charge is 0.492 e. The van der Waals surface area contributed by atoms with Gasteiger partial charge < -0.3 is 4.74 Å². The Balaban J connectivity index is 2.43. The van der Waals surface area contributed by atoms with Gasteiger partial charge in [0.15, 0.2) is 0 Å². The molecule has 1 radical (unpaired) electrons. The Labute approximate surface area is 65.6 Å². The first-order valence-electron chi connectivity index (χ1n) is 3.03. The second-order valence-electron chi connectivity index (χ2n) is 1.78. The molecule has 0 aliphatic carbocycles. The van der Waals surface area contributed by atoms with Gasteiger partial charge in [-0.15, -0.1) is 11.6 Å². The van der Waals surface area contributed by atoms with Gasteiger partial charge in [-0.3, -0.25) is 0 Å². The van der Waals surface area contributed by atoms with Gasteiger partial charge in [0.05, 0.1) is 5.88 Å². The van der Waals surface area contributed by atoms with Crippen LogP contribution in [-0.4, -0.2) is 6.61 Å². The molecule has 0 N–H and O–H groups in total. The Morgan fingerprint density at radius 2 is 2.00 bits per heavy atom. The molecule has 1 aromatic carbocycles. The Kier molecular flexibility index (Phi) is 3.10. The highest BCUT2D eigenvalue weighted by atomic mass is 35.5. The zero-order valence-corrected chi connectivity index (χ0v) is 6.21. The highest BCUT2D eigenvalue weighted by Crippen LogP contribution is 2.08. The van der Waals surface area contributed by atoms with Gasteiger partial charge in [-0.05, 0) is 12.1 Å². The maximum atomic E-state index is 5.30. The maximum Gasteiger partial charge on any atom is 0.119 e. The van der Waals surface area contributed by atoms with Gasteiger partial charge >= 0.3 is 0 Å². The van der Waals surface area contributed by atoms with E-state index in [-0.39, 0.29) is 0 Å². The standard InChI is InChI=1S/C8H8ClO/c9-6-7-10-8-4-2-1-3-5-8/h1-6H,7H2.